The summed E-state index contributed by atoms with van der Waals surface area (Å²) in [5, 5.41) is 11.6. The molecular weight excluding hydrogens is 384 g/mol. The molecule has 0 aliphatic carbocycles. The molecule has 3 rings (SSSR count). The summed E-state index contributed by atoms with van der Waals surface area (Å²) in [7, 11) is 0. The average Bonchev–Trinajstić information content (AvgIpc) is 3.20. The summed E-state index contributed by atoms with van der Waals surface area (Å²) in [6.07, 6.45) is 2.86. The molecule has 3 aromatic rings. The van der Waals surface area contributed by atoms with Crippen molar-refractivity contribution >= 4 is 17.5 Å². The lowest BCUT2D eigenvalue weighted by Gasteiger charge is -2.11. The third-order valence-electron chi connectivity index (χ3n) is 3.93. The van der Waals surface area contributed by atoms with Gasteiger partial charge in [0.2, 0.25) is 0 Å². The van der Waals surface area contributed by atoms with Crippen molar-refractivity contribution in [1.29, 1.82) is 0 Å². The largest absolute Gasteiger partial charge is 0.484 e. The van der Waals surface area contributed by atoms with Crippen LogP contribution in [0.25, 0.3) is 5.82 Å². The Labute approximate surface area is 165 Å². The first kappa shape index (κ1) is 19.6. The highest BCUT2D eigenvalue weighted by molar-refractivity contribution is 6.32. The fraction of sp³-hybridized carbons (Fsp3) is 0.278. The van der Waals surface area contributed by atoms with Gasteiger partial charge in [0.25, 0.3) is 11.5 Å². The Balaban J connectivity index is 1.52. The summed E-state index contributed by atoms with van der Waals surface area (Å²) in [5.74, 6) is 0.735. The van der Waals surface area contributed by atoms with Gasteiger partial charge in [0.15, 0.2) is 12.4 Å². The minimum absolute atomic E-state index is 0.137. The lowest BCUT2D eigenvalue weighted by Crippen LogP contribution is -2.34. The molecule has 0 unspecified atom stereocenters. The molecule has 1 amide bonds. The van der Waals surface area contributed by atoms with E-state index in [1.807, 2.05) is 13.8 Å². The van der Waals surface area contributed by atoms with Gasteiger partial charge in [-0.15, -0.1) is 5.10 Å². The topological polar surface area (TPSA) is 104 Å². The van der Waals surface area contributed by atoms with Crippen molar-refractivity contribution in [3.63, 3.8) is 0 Å². The number of hydrogen-bond donors (Lipinski definition) is 1. The van der Waals surface area contributed by atoms with Crippen LogP contribution in [0.2, 0.25) is 5.02 Å². The number of rotatable bonds is 7. The fourth-order valence-electron chi connectivity index (χ4n) is 2.54. The Morgan fingerprint density at radius 2 is 2.00 bits per heavy atom. The van der Waals surface area contributed by atoms with Crippen LogP contribution >= 0.6 is 11.6 Å². The lowest BCUT2D eigenvalue weighted by atomic mass is 10.1. The number of benzene rings is 1. The van der Waals surface area contributed by atoms with E-state index in [4.69, 9.17) is 16.3 Å². The van der Waals surface area contributed by atoms with Gasteiger partial charge in [-0.25, -0.2) is 14.3 Å². The van der Waals surface area contributed by atoms with Crippen molar-refractivity contribution in [2.75, 3.05) is 13.2 Å². The van der Waals surface area contributed by atoms with Crippen LogP contribution in [0.15, 0.2) is 41.7 Å². The van der Waals surface area contributed by atoms with Crippen LogP contribution in [0, 0.1) is 13.8 Å². The van der Waals surface area contributed by atoms with Gasteiger partial charge in [-0.2, -0.15) is 5.10 Å². The summed E-state index contributed by atoms with van der Waals surface area (Å²) >= 11 is 6.12. The minimum Gasteiger partial charge on any atom is -0.484 e. The molecule has 2 heterocycles. The molecule has 0 saturated carbocycles. The molecule has 0 spiro atoms. The molecule has 0 fully saturated rings. The van der Waals surface area contributed by atoms with Gasteiger partial charge in [-0.05, 0) is 43.2 Å². The van der Waals surface area contributed by atoms with Gasteiger partial charge in [0.05, 0.1) is 6.54 Å². The number of amides is 1. The van der Waals surface area contributed by atoms with Gasteiger partial charge < -0.3 is 10.1 Å². The van der Waals surface area contributed by atoms with E-state index in [1.54, 1.807) is 18.2 Å². The zero-order valence-electron chi connectivity index (χ0n) is 15.4. The molecule has 146 valence electrons. The highest BCUT2D eigenvalue weighted by atomic mass is 35.5. The maximum Gasteiger partial charge on any atom is 0.266 e. The number of carbonyl (C=O) groups excluding carboxylic acids is 1. The standard InChI is InChI=1S/C18H19ClN6O3/c1-12-7-14(8-13(2)18(12)19)28-9-16(26)21-5-6-24-17(27)4-3-15(23-24)25-11-20-10-22-25/h3-4,7-8,10-11H,5-6,9H2,1-2H3,(H,21,26). The molecule has 2 aromatic heterocycles. The number of aromatic nitrogens is 5. The van der Waals surface area contributed by atoms with E-state index in [-0.39, 0.29) is 31.2 Å². The SMILES string of the molecule is Cc1cc(OCC(=O)NCCn2nc(-n3cncn3)ccc2=O)cc(C)c1Cl. The van der Waals surface area contributed by atoms with Crippen molar-refractivity contribution in [2.24, 2.45) is 0 Å². The predicted octanol–water partition coefficient (Wildman–Crippen LogP) is 1.29. The molecule has 9 nitrogen and oxygen atoms in total. The summed E-state index contributed by atoms with van der Waals surface area (Å²) < 4.78 is 8.20. The molecule has 1 N–H and O–H groups in total. The molecule has 0 aliphatic heterocycles. The average molecular weight is 403 g/mol. The normalized spacial score (nSPS) is 10.7. The summed E-state index contributed by atoms with van der Waals surface area (Å²) in [6.45, 7) is 4.06. The second-order valence-corrected chi connectivity index (χ2v) is 6.48. The third-order valence-corrected chi connectivity index (χ3v) is 4.53. The van der Waals surface area contributed by atoms with Crippen molar-refractivity contribution in [2.45, 2.75) is 20.4 Å². The highest BCUT2D eigenvalue weighted by Gasteiger charge is 2.08. The Kier molecular flexibility index (Phi) is 6.05. The quantitative estimate of drug-likeness (QED) is 0.638. The monoisotopic (exact) mass is 402 g/mol. The lowest BCUT2D eigenvalue weighted by molar-refractivity contribution is -0.123. The number of aryl methyl sites for hydroxylation is 2. The van der Waals surface area contributed by atoms with E-state index < -0.39 is 0 Å². The first-order chi connectivity index (χ1) is 13.4. The molecule has 10 heteroatoms. The predicted molar refractivity (Wildman–Crippen MR) is 103 cm³/mol. The number of halogens is 1. The van der Waals surface area contributed by atoms with Crippen molar-refractivity contribution in [3.05, 3.63) is 63.4 Å². The number of carbonyl (C=O) groups is 1. The highest BCUT2D eigenvalue weighted by Crippen LogP contribution is 2.25. The van der Waals surface area contributed by atoms with Crippen molar-refractivity contribution in [3.8, 4) is 11.6 Å². The number of nitrogens with one attached hydrogen (secondary N) is 1. The van der Waals surface area contributed by atoms with E-state index in [1.165, 1.54) is 28.1 Å². The van der Waals surface area contributed by atoms with Crippen molar-refractivity contribution < 1.29 is 9.53 Å². The van der Waals surface area contributed by atoms with E-state index in [0.29, 0.717) is 16.6 Å². The summed E-state index contributed by atoms with van der Waals surface area (Å²) in [4.78, 5) is 27.8. The molecule has 0 saturated heterocycles. The van der Waals surface area contributed by atoms with Gasteiger partial charge in [0.1, 0.15) is 18.4 Å². The van der Waals surface area contributed by atoms with E-state index in [2.05, 4.69) is 20.5 Å². The zero-order chi connectivity index (χ0) is 20.1. The molecule has 0 aliphatic rings. The van der Waals surface area contributed by atoms with Crippen LogP contribution < -0.4 is 15.6 Å². The first-order valence-electron chi connectivity index (χ1n) is 8.53. The second-order valence-electron chi connectivity index (χ2n) is 6.10. The van der Waals surface area contributed by atoms with Crippen LogP contribution in [0.5, 0.6) is 5.75 Å². The molecule has 0 atom stereocenters. The summed E-state index contributed by atoms with van der Waals surface area (Å²) in [5.41, 5.74) is 1.49. The number of hydrogen-bond acceptors (Lipinski definition) is 6. The molecule has 0 radical (unpaired) electrons. The van der Waals surface area contributed by atoms with Crippen LogP contribution in [0.4, 0.5) is 0 Å². The molecule has 28 heavy (non-hydrogen) atoms. The minimum atomic E-state index is -0.300. The van der Waals surface area contributed by atoms with Crippen LogP contribution in [0.1, 0.15) is 11.1 Å². The van der Waals surface area contributed by atoms with E-state index >= 15 is 0 Å². The maximum absolute atomic E-state index is 12.0. The van der Waals surface area contributed by atoms with E-state index in [0.717, 1.165) is 11.1 Å². The van der Waals surface area contributed by atoms with Gasteiger partial charge in [-0.3, -0.25) is 9.59 Å². The van der Waals surface area contributed by atoms with Gasteiger partial charge in [-0.1, -0.05) is 11.6 Å². The maximum atomic E-state index is 12.0. The Bertz CT molecular complexity index is 1010. The number of nitrogens with zero attached hydrogens (tertiary/aromatic N) is 5. The Morgan fingerprint density at radius 3 is 2.68 bits per heavy atom. The fourth-order valence-corrected chi connectivity index (χ4v) is 2.65. The van der Waals surface area contributed by atoms with Crippen LogP contribution in [-0.2, 0) is 11.3 Å². The first-order valence-corrected chi connectivity index (χ1v) is 8.91. The molecule has 0 bridgehead atoms. The summed E-state index contributed by atoms with van der Waals surface area (Å²) in [6, 6.07) is 6.50. The smallest absolute Gasteiger partial charge is 0.266 e. The van der Waals surface area contributed by atoms with Crippen LogP contribution in [-0.4, -0.2) is 43.6 Å². The van der Waals surface area contributed by atoms with Crippen molar-refractivity contribution in [1.82, 2.24) is 29.9 Å². The Morgan fingerprint density at radius 1 is 1.25 bits per heavy atom. The van der Waals surface area contributed by atoms with Gasteiger partial charge >= 0.3 is 0 Å². The zero-order valence-corrected chi connectivity index (χ0v) is 16.2. The Hall–Kier alpha value is -3.20. The third kappa shape index (κ3) is 4.74. The second kappa shape index (κ2) is 8.66. The molecular formula is C18H19ClN6O3. The van der Waals surface area contributed by atoms with Gasteiger partial charge in [0, 0.05) is 17.6 Å². The number of ether oxygens (including phenoxy) is 1. The van der Waals surface area contributed by atoms with E-state index in [9.17, 15) is 9.59 Å². The molecule has 1 aromatic carbocycles. The van der Waals surface area contributed by atoms with Crippen LogP contribution in [0.3, 0.4) is 0 Å².